The Labute approximate surface area is 145 Å². The van der Waals surface area contributed by atoms with E-state index in [1.807, 2.05) is 0 Å². The monoisotopic (exact) mass is 372 g/mol. The number of nitrogens with zero attached hydrogens (tertiary/aromatic N) is 1. The molecule has 3 N–H and O–H groups in total. The summed E-state index contributed by atoms with van der Waals surface area (Å²) < 4.78 is 44.1. The number of hydrogen-bond donors (Lipinski definition) is 2. The van der Waals surface area contributed by atoms with Crippen LogP contribution < -0.4 is 15.5 Å². The molecule has 0 aromatic heterocycles. The van der Waals surface area contributed by atoms with Crippen molar-refractivity contribution < 1.29 is 27.9 Å². The van der Waals surface area contributed by atoms with E-state index in [2.05, 4.69) is 0 Å². The third-order valence-corrected chi connectivity index (χ3v) is 4.05. The summed E-state index contributed by atoms with van der Waals surface area (Å²) in [7, 11) is 0. The minimum atomic E-state index is -4.60. The van der Waals surface area contributed by atoms with Gasteiger partial charge in [0.25, 0.3) is 5.91 Å². The topological polar surface area (TPSA) is 75.8 Å². The van der Waals surface area contributed by atoms with Crippen LogP contribution in [0.2, 0.25) is 5.02 Å². The Hall–Kier alpha value is -2.29. The van der Waals surface area contributed by atoms with Crippen LogP contribution in [0.25, 0.3) is 0 Å². The number of halogens is 4. The molecule has 0 aliphatic carbocycles. The second-order valence-corrected chi connectivity index (χ2v) is 5.90. The summed E-state index contributed by atoms with van der Waals surface area (Å²) in [5.74, 6) is -0.438. The second-order valence-electron chi connectivity index (χ2n) is 5.49. The number of carbonyl (C=O) groups is 1. The summed E-state index contributed by atoms with van der Waals surface area (Å²) in [6, 6.07) is 6.66. The van der Waals surface area contributed by atoms with Gasteiger partial charge in [0.1, 0.15) is 11.5 Å². The molecule has 3 rings (SSSR count). The lowest BCUT2D eigenvalue weighted by molar-refractivity contribution is -0.137. The molecule has 5 nitrogen and oxygen atoms in total. The number of amides is 1. The summed E-state index contributed by atoms with van der Waals surface area (Å²) in [5, 5.41) is 9.79. The van der Waals surface area contributed by atoms with Crippen LogP contribution in [0.1, 0.15) is 11.1 Å². The lowest BCUT2D eigenvalue weighted by atomic mass is 9.99. The van der Waals surface area contributed by atoms with Gasteiger partial charge in [0.05, 0.1) is 22.3 Å². The van der Waals surface area contributed by atoms with Crippen LogP contribution in [-0.2, 0) is 17.4 Å². The SMILES string of the molecule is N[C@H]1Cc2cc(Oc3ccc(Cl)c(C(F)(F)F)c3)ccc2N(O)C1=O. The fourth-order valence-corrected chi connectivity index (χ4v) is 2.74. The first kappa shape index (κ1) is 17.5. The van der Waals surface area contributed by atoms with Crippen molar-refractivity contribution >= 4 is 23.2 Å². The van der Waals surface area contributed by atoms with E-state index in [0.29, 0.717) is 10.6 Å². The molecule has 0 bridgehead atoms. The van der Waals surface area contributed by atoms with Crippen LogP contribution in [0.3, 0.4) is 0 Å². The average Bonchev–Trinajstić information content (AvgIpc) is 2.53. The smallest absolute Gasteiger partial charge is 0.417 e. The molecule has 2 aromatic carbocycles. The van der Waals surface area contributed by atoms with Crippen LogP contribution in [0.15, 0.2) is 36.4 Å². The van der Waals surface area contributed by atoms with E-state index < -0.39 is 28.7 Å². The van der Waals surface area contributed by atoms with Gasteiger partial charge >= 0.3 is 6.18 Å². The Balaban J connectivity index is 1.90. The summed E-state index contributed by atoms with van der Waals surface area (Å²) in [4.78, 5) is 11.6. The predicted octanol–water partition coefficient (Wildman–Crippen LogP) is 3.76. The first-order valence-corrected chi connectivity index (χ1v) is 7.50. The average molecular weight is 373 g/mol. The number of hydrogen-bond acceptors (Lipinski definition) is 4. The molecule has 0 radical (unpaired) electrons. The third-order valence-electron chi connectivity index (χ3n) is 3.72. The van der Waals surface area contributed by atoms with E-state index in [9.17, 15) is 23.2 Å². The molecular formula is C16H12ClF3N2O3. The molecule has 1 atom stereocenters. The first-order valence-electron chi connectivity index (χ1n) is 7.13. The molecule has 0 fully saturated rings. The van der Waals surface area contributed by atoms with Crippen LogP contribution in [0.5, 0.6) is 11.5 Å². The van der Waals surface area contributed by atoms with Gasteiger partial charge in [-0.3, -0.25) is 10.0 Å². The van der Waals surface area contributed by atoms with Crippen molar-refractivity contribution in [1.29, 1.82) is 0 Å². The standard InChI is InChI=1S/C16H12ClF3N2O3/c17-12-3-1-10(7-11(12)16(18,19)20)25-9-2-4-14-8(5-9)6-13(21)15(23)22(14)24/h1-5,7,13,24H,6,21H2/t13-/m0/s1. The van der Waals surface area contributed by atoms with E-state index in [1.54, 1.807) is 0 Å². The van der Waals surface area contributed by atoms with Gasteiger partial charge in [-0.05, 0) is 48.4 Å². The number of nitrogens with two attached hydrogens (primary N) is 1. The number of rotatable bonds is 2. The number of fused-ring (bicyclic) bond motifs is 1. The Bertz CT molecular complexity index is 842. The van der Waals surface area contributed by atoms with Crippen molar-refractivity contribution in [3.05, 3.63) is 52.5 Å². The molecule has 0 unspecified atom stereocenters. The first-order chi connectivity index (χ1) is 11.7. The van der Waals surface area contributed by atoms with Gasteiger partial charge in [-0.15, -0.1) is 0 Å². The van der Waals surface area contributed by atoms with Crippen LogP contribution >= 0.6 is 11.6 Å². The van der Waals surface area contributed by atoms with Crippen molar-refractivity contribution in [3.8, 4) is 11.5 Å². The van der Waals surface area contributed by atoms with E-state index in [1.165, 1.54) is 24.3 Å². The molecule has 1 heterocycles. The maximum atomic E-state index is 12.9. The highest BCUT2D eigenvalue weighted by molar-refractivity contribution is 6.31. The maximum absolute atomic E-state index is 12.9. The Morgan fingerprint density at radius 3 is 2.52 bits per heavy atom. The molecule has 1 aliphatic heterocycles. The summed E-state index contributed by atoms with van der Waals surface area (Å²) in [6.07, 6.45) is -4.42. The van der Waals surface area contributed by atoms with E-state index >= 15 is 0 Å². The van der Waals surface area contributed by atoms with Gasteiger partial charge in [0.15, 0.2) is 0 Å². The molecule has 132 valence electrons. The number of benzene rings is 2. The van der Waals surface area contributed by atoms with E-state index in [-0.39, 0.29) is 23.6 Å². The zero-order valence-electron chi connectivity index (χ0n) is 12.5. The normalized spacial score (nSPS) is 17.4. The molecule has 2 aromatic rings. The molecule has 9 heteroatoms. The van der Waals surface area contributed by atoms with Crippen molar-refractivity contribution in [1.82, 2.24) is 0 Å². The van der Waals surface area contributed by atoms with Crippen molar-refractivity contribution in [2.24, 2.45) is 5.73 Å². The van der Waals surface area contributed by atoms with Gasteiger partial charge in [-0.2, -0.15) is 18.2 Å². The van der Waals surface area contributed by atoms with Gasteiger partial charge in [0, 0.05) is 0 Å². The predicted molar refractivity (Wildman–Crippen MR) is 83.9 cm³/mol. The number of carbonyl (C=O) groups excluding carboxylic acids is 1. The van der Waals surface area contributed by atoms with Gasteiger partial charge in [0.2, 0.25) is 0 Å². The fourth-order valence-electron chi connectivity index (χ4n) is 2.52. The minimum Gasteiger partial charge on any atom is -0.457 e. The van der Waals surface area contributed by atoms with Gasteiger partial charge in [-0.1, -0.05) is 11.6 Å². The molecule has 25 heavy (non-hydrogen) atoms. The Morgan fingerprint density at radius 2 is 1.84 bits per heavy atom. The Morgan fingerprint density at radius 1 is 1.20 bits per heavy atom. The Kier molecular flexibility index (Phi) is 4.36. The second kappa shape index (κ2) is 6.21. The highest BCUT2D eigenvalue weighted by Gasteiger charge is 2.34. The molecule has 0 saturated heterocycles. The van der Waals surface area contributed by atoms with E-state index in [0.717, 1.165) is 12.1 Å². The molecule has 0 saturated carbocycles. The molecule has 0 spiro atoms. The maximum Gasteiger partial charge on any atom is 0.417 e. The minimum absolute atomic E-state index is 0.0475. The zero-order valence-corrected chi connectivity index (χ0v) is 13.3. The van der Waals surface area contributed by atoms with E-state index in [4.69, 9.17) is 22.1 Å². The summed E-state index contributed by atoms with van der Waals surface area (Å²) in [6.45, 7) is 0. The lowest BCUT2D eigenvalue weighted by Crippen LogP contribution is -2.47. The summed E-state index contributed by atoms with van der Waals surface area (Å²) in [5.41, 5.74) is 5.43. The molecule has 1 amide bonds. The number of ether oxygens (including phenoxy) is 1. The van der Waals surface area contributed by atoms with Crippen LogP contribution in [0, 0.1) is 0 Å². The third kappa shape index (κ3) is 3.41. The summed E-state index contributed by atoms with van der Waals surface area (Å²) >= 11 is 5.57. The highest BCUT2D eigenvalue weighted by atomic mass is 35.5. The van der Waals surface area contributed by atoms with Crippen molar-refractivity contribution in [3.63, 3.8) is 0 Å². The largest absolute Gasteiger partial charge is 0.457 e. The van der Waals surface area contributed by atoms with Crippen LogP contribution in [-0.4, -0.2) is 17.2 Å². The fraction of sp³-hybridized carbons (Fsp3) is 0.188. The van der Waals surface area contributed by atoms with Gasteiger partial charge < -0.3 is 10.5 Å². The molecular weight excluding hydrogens is 361 g/mol. The van der Waals surface area contributed by atoms with Crippen molar-refractivity contribution in [2.75, 3.05) is 5.06 Å². The quantitative estimate of drug-likeness (QED) is 0.787. The highest BCUT2D eigenvalue weighted by Crippen LogP contribution is 2.38. The number of hydroxylamine groups is 1. The van der Waals surface area contributed by atoms with Crippen LogP contribution in [0.4, 0.5) is 18.9 Å². The lowest BCUT2D eigenvalue weighted by Gasteiger charge is -2.27. The molecule has 1 aliphatic rings. The van der Waals surface area contributed by atoms with Crippen molar-refractivity contribution in [2.45, 2.75) is 18.6 Å². The number of anilines is 1. The number of alkyl halides is 3. The van der Waals surface area contributed by atoms with Gasteiger partial charge in [-0.25, -0.2) is 0 Å². The zero-order chi connectivity index (χ0) is 18.4.